The van der Waals surface area contributed by atoms with Gasteiger partial charge in [0.25, 0.3) is 5.91 Å². The second-order valence-electron chi connectivity index (χ2n) is 4.51. The number of rotatable bonds is 3. The van der Waals surface area contributed by atoms with E-state index in [4.69, 9.17) is 0 Å². The van der Waals surface area contributed by atoms with Crippen LogP contribution < -0.4 is 5.32 Å². The summed E-state index contributed by atoms with van der Waals surface area (Å²) in [5, 5.41) is 5.46. The number of amides is 1. The van der Waals surface area contributed by atoms with E-state index in [0.29, 0.717) is 12.1 Å². The van der Waals surface area contributed by atoms with E-state index in [9.17, 15) is 4.79 Å². The highest BCUT2D eigenvalue weighted by Crippen LogP contribution is 2.36. The second kappa shape index (κ2) is 5.42. The fraction of sp³-hybridized carbons (Fsp3) is 0.133. The van der Waals surface area contributed by atoms with Crippen molar-refractivity contribution in [3.05, 3.63) is 63.3 Å². The maximum atomic E-state index is 12.6. The van der Waals surface area contributed by atoms with Crippen LogP contribution >= 0.6 is 27.3 Å². The zero-order valence-electron chi connectivity index (χ0n) is 10.7. The predicted molar refractivity (Wildman–Crippen MR) is 86.1 cm³/mol. The highest BCUT2D eigenvalue weighted by molar-refractivity contribution is 9.10. The largest absolute Gasteiger partial charge is 0.360 e. The molecule has 1 aliphatic rings. The minimum atomic E-state index is -0.147. The molecule has 20 heavy (non-hydrogen) atoms. The maximum absolute atomic E-state index is 12.6. The molecule has 3 nitrogen and oxygen atoms in total. The zero-order valence-corrected chi connectivity index (χ0v) is 13.1. The Kier molecular flexibility index (Phi) is 3.63. The van der Waals surface area contributed by atoms with Gasteiger partial charge in [0, 0.05) is 27.0 Å². The lowest BCUT2D eigenvalue weighted by Gasteiger charge is -2.36. The van der Waals surface area contributed by atoms with E-state index in [-0.39, 0.29) is 12.1 Å². The third-order valence-corrected chi connectivity index (χ3v) is 4.95. The van der Waals surface area contributed by atoms with Gasteiger partial charge in [-0.1, -0.05) is 18.2 Å². The van der Waals surface area contributed by atoms with Crippen molar-refractivity contribution in [1.82, 2.24) is 4.90 Å². The summed E-state index contributed by atoms with van der Waals surface area (Å²) in [6.07, 6.45) is 1.61. The lowest BCUT2D eigenvalue weighted by Crippen LogP contribution is -2.42. The molecule has 1 N–H and O–H groups in total. The van der Waals surface area contributed by atoms with Crippen LogP contribution in [-0.2, 0) is 0 Å². The van der Waals surface area contributed by atoms with Gasteiger partial charge in [-0.25, -0.2) is 0 Å². The molecular weight excluding hydrogens is 336 g/mol. The molecular formula is C15H13BrN2OS. The van der Waals surface area contributed by atoms with Crippen LogP contribution in [0, 0.1) is 0 Å². The number of para-hydroxylation sites is 1. The van der Waals surface area contributed by atoms with Crippen LogP contribution in [0.2, 0.25) is 0 Å². The smallest absolute Gasteiger partial charge is 0.258 e. The van der Waals surface area contributed by atoms with Crippen molar-refractivity contribution >= 4 is 38.9 Å². The molecule has 0 saturated heterocycles. The van der Waals surface area contributed by atoms with E-state index in [1.165, 1.54) is 0 Å². The van der Waals surface area contributed by atoms with Crippen molar-refractivity contribution in [3.8, 4) is 0 Å². The van der Waals surface area contributed by atoms with Crippen LogP contribution in [0.15, 0.2) is 52.8 Å². The Bertz CT molecular complexity index is 667. The molecule has 102 valence electrons. The van der Waals surface area contributed by atoms with E-state index in [2.05, 4.69) is 27.8 Å². The number of nitrogens with one attached hydrogen (secondary N) is 1. The van der Waals surface area contributed by atoms with Crippen molar-refractivity contribution in [3.63, 3.8) is 0 Å². The lowest BCUT2D eigenvalue weighted by molar-refractivity contribution is 0.0710. The van der Waals surface area contributed by atoms with Crippen LogP contribution in [-0.4, -0.2) is 17.4 Å². The fourth-order valence-electron chi connectivity index (χ4n) is 2.32. The molecule has 0 bridgehead atoms. The molecule has 5 heteroatoms. The molecule has 0 aliphatic carbocycles. The Balaban J connectivity index is 2.05. The fourth-order valence-corrected chi connectivity index (χ4v) is 3.82. The number of benzene rings is 1. The van der Waals surface area contributed by atoms with E-state index < -0.39 is 0 Å². The number of nitrogens with zero attached hydrogens (tertiary/aromatic N) is 1. The van der Waals surface area contributed by atoms with Crippen LogP contribution in [0.3, 0.4) is 0 Å². The van der Waals surface area contributed by atoms with Crippen molar-refractivity contribution in [2.75, 3.05) is 11.9 Å². The van der Waals surface area contributed by atoms with Crippen molar-refractivity contribution in [2.45, 2.75) is 6.17 Å². The van der Waals surface area contributed by atoms with Gasteiger partial charge in [0.05, 0.1) is 5.56 Å². The average Bonchev–Trinajstić information content (AvgIpc) is 2.88. The highest BCUT2D eigenvalue weighted by atomic mass is 79.9. The van der Waals surface area contributed by atoms with Gasteiger partial charge in [-0.2, -0.15) is 0 Å². The minimum absolute atomic E-state index is 0.0359. The molecule has 1 aromatic carbocycles. The van der Waals surface area contributed by atoms with Gasteiger partial charge in [0.1, 0.15) is 6.17 Å². The maximum Gasteiger partial charge on any atom is 0.258 e. The Morgan fingerprint density at radius 1 is 1.45 bits per heavy atom. The van der Waals surface area contributed by atoms with Crippen molar-refractivity contribution in [2.24, 2.45) is 0 Å². The molecule has 0 unspecified atom stereocenters. The lowest BCUT2D eigenvalue weighted by atomic mass is 10.1. The van der Waals surface area contributed by atoms with E-state index >= 15 is 0 Å². The third-order valence-electron chi connectivity index (χ3n) is 3.21. The second-order valence-corrected chi connectivity index (χ2v) is 6.36. The first kappa shape index (κ1) is 13.4. The summed E-state index contributed by atoms with van der Waals surface area (Å²) in [5.41, 5.74) is 1.59. The van der Waals surface area contributed by atoms with Crippen LogP contribution in [0.4, 0.5) is 5.69 Å². The Morgan fingerprint density at radius 3 is 2.95 bits per heavy atom. The van der Waals surface area contributed by atoms with E-state index in [1.54, 1.807) is 22.3 Å². The van der Waals surface area contributed by atoms with E-state index in [0.717, 1.165) is 15.0 Å². The average molecular weight is 349 g/mol. The third kappa shape index (κ3) is 2.27. The Hall–Kier alpha value is -1.59. The van der Waals surface area contributed by atoms with Crippen LogP contribution in [0.1, 0.15) is 21.4 Å². The molecule has 0 saturated carbocycles. The van der Waals surface area contributed by atoms with Crippen molar-refractivity contribution in [1.29, 1.82) is 0 Å². The molecule has 1 aromatic heterocycles. The van der Waals surface area contributed by atoms with Gasteiger partial charge >= 0.3 is 0 Å². The SMILES string of the molecule is C=CCN1C(=O)c2ccccc2N[C@H]1c1cc(Br)cs1. The van der Waals surface area contributed by atoms with E-state index in [1.807, 2.05) is 35.7 Å². The number of fused-ring (bicyclic) bond motifs is 1. The predicted octanol–water partition coefficient (Wildman–Crippen LogP) is 4.26. The van der Waals surface area contributed by atoms with Gasteiger partial charge < -0.3 is 10.2 Å². The molecule has 0 spiro atoms. The van der Waals surface area contributed by atoms with Gasteiger partial charge in [-0.05, 0) is 34.1 Å². The number of thiophene rings is 1. The summed E-state index contributed by atoms with van der Waals surface area (Å²) < 4.78 is 1.03. The Labute approximate surface area is 130 Å². The zero-order chi connectivity index (χ0) is 14.1. The molecule has 2 aromatic rings. The van der Waals surface area contributed by atoms with Crippen LogP contribution in [0.5, 0.6) is 0 Å². The van der Waals surface area contributed by atoms with Crippen molar-refractivity contribution < 1.29 is 4.79 Å². The van der Waals surface area contributed by atoms with Gasteiger partial charge in [-0.15, -0.1) is 17.9 Å². The first-order valence-corrected chi connectivity index (χ1v) is 7.89. The summed E-state index contributed by atoms with van der Waals surface area (Å²) in [6.45, 7) is 4.27. The minimum Gasteiger partial charge on any atom is -0.360 e. The standard InChI is InChI=1S/C15H13BrN2OS/c1-2-7-18-14(13-8-10(16)9-20-13)17-12-6-4-3-5-11(12)15(18)19/h2-6,8-9,14,17H,1,7H2/t14-/m1/s1. The van der Waals surface area contributed by atoms with Crippen LogP contribution in [0.25, 0.3) is 0 Å². The first-order chi connectivity index (χ1) is 9.70. The first-order valence-electron chi connectivity index (χ1n) is 6.22. The number of carbonyl (C=O) groups excluding carboxylic acids is 1. The number of halogens is 1. The summed E-state index contributed by atoms with van der Waals surface area (Å²) in [5.74, 6) is 0.0359. The van der Waals surface area contributed by atoms with Gasteiger partial charge in [-0.3, -0.25) is 4.79 Å². The number of carbonyl (C=O) groups is 1. The summed E-state index contributed by atoms with van der Waals surface area (Å²) in [4.78, 5) is 15.5. The normalized spacial score (nSPS) is 17.6. The molecule has 1 amide bonds. The number of hydrogen-bond acceptors (Lipinski definition) is 3. The molecule has 0 radical (unpaired) electrons. The molecule has 1 atom stereocenters. The monoisotopic (exact) mass is 348 g/mol. The molecule has 3 rings (SSSR count). The topological polar surface area (TPSA) is 32.3 Å². The number of hydrogen-bond donors (Lipinski definition) is 1. The molecule has 1 aliphatic heterocycles. The number of anilines is 1. The summed E-state index contributed by atoms with van der Waals surface area (Å²) in [7, 11) is 0. The summed E-state index contributed by atoms with van der Waals surface area (Å²) in [6, 6.07) is 9.64. The summed E-state index contributed by atoms with van der Waals surface area (Å²) >= 11 is 5.09. The van der Waals surface area contributed by atoms with Gasteiger partial charge in [0.2, 0.25) is 0 Å². The Morgan fingerprint density at radius 2 is 2.25 bits per heavy atom. The molecule has 0 fully saturated rings. The van der Waals surface area contributed by atoms with Gasteiger partial charge in [0.15, 0.2) is 0 Å². The quantitative estimate of drug-likeness (QED) is 0.840. The highest BCUT2D eigenvalue weighted by Gasteiger charge is 2.32. The molecule has 2 heterocycles.